The lowest BCUT2D eigenvalue weighted by atomic mass is 10.2. The lowest BCUT2D eigenvalue weighted by molar-refractivity contribution is 0.623. The Kier molecular flexibility index (Phi) is 3.30. The highest BCUT2D eigenvalue weighted by atomic mass is 79.9. The van der Waals surface area contributed by atoms with Gasteiger partial charge in [-0.05, 0) is 33.6 Å². The smallest absolute Gasteiger partial charge is 0.136 e. The monoisotopic (exact) mass is 347 g/mol. The molecule has 16 heavy (non-hydrogen) atoms. The Morgan fingerprint density at radius 3 is 2.62 bits per heavy atom. The van der Waals surface area contributed by atoms with Crippen LogP contribution in [-0.2, 0) is 6.54 Å². The minimum absolute atomic E-state index is 0.273. The van der Waals surface area contributed by atoms with Crippen LogP contribution in [-0.4, -0.2) is 9.78 Å². The maximum atomic E-state index is 12.9. The summed E-state index contributed by atoms with van der Waals surface area (Å²) in [5.74, 6) is 0.279. The van der Waals surface area contributed by atoms with Gasteiger partial charge in [0.25, 0.3) is 0 Å². The van der Waals surface area contributed by atoms with E-state index in [0.717, 1.165) is 10.0 Å². The summed E-state index contributed by atoms with van der Waals surface area (Å²) in [7, 11) is 0. The predicted molar refractivity (Wildman–Crippen MR) is 67.5 cm³/mol. The highest BCUT2D eigenvalue weighted by molar-refractivity contribution is 9.10. The van der Waals surface area contributed by atoms with Crippen LogP contribution in [0.1, 0.15) is 5.56 Å². The SMILES string of the molecule is Nc1c(Br)cnn1Cc1ccc(F)cc1Br. The molecular weight excluding hydrogens is 341 g/mol. The Hall–Kier alpha value is -0.880. The van der Waals surface area contributed by atoms with Crippen molar-refractivity contribution >= 4 is 37.7 Å². The summed E-state index contributed by atoms with van der Waals surface area (Å²) in [6, 6.07) is 4.54. The van der Waals surface area contributed by atoms with Crippen LogP contribution in [0.4, 0.5) is 10.2 Å². The molecular formula is C10H8Br2FN3. The molecule has 2 N–H and O–H groups in total. The molecule has 1 heterocycles. The fourth-order valence-corrected chi connectivity index (χ4v) is 2.08. The van der Waals surface area contributed by atoms with Crippen molar-refractivity contribution < 1.29 is 4.39 Å². The fraction of sp³-hybridized carbons (Fsp3) is 0.100. The lowest BCUT2D eigenvalue weighted by Gasteiger charge is -2.06. The minimum Gasteiger partial charge on any atom is -0.383 e. The Morgan fingerprint density at radius 2 is 2.06 bits per heavy atom. The number of benzene rings is 1. The first-order chi connectivity index (χ1) is 7.58. The van der Waals surface area contributed by atoms with Gasteiger partial charge in [0, 0.05) is 4.47 Å². The van der Waals surface area contributed by atoms with Gasteiger partial charge in [0.2, 0.25) is 0 Å². The number of nitrogen functional groups attached to an aromatic ring is 1. The fourth-order valence-electron chi connectivity index (χ4n) is 1.31. The zero-order valence-electron chi connectivity index (χ0n) is 8.12. The molecule has 84 valence electrons. The molecule has 0 unspecified atom stereocenters. The van der Waals surface area contributed by atoms with Gasteiger partial charge >= 0.3 is 0 Å². The van der Waals surface area contributed by atoms with E-state index in [1.165, 1.54) is 12.1 Å². The zero-order valence-corrected chi connectivity index (χ0v) is 11.3. The molecule has 0 aliphatic heterocycles. The third-order valence-corrected chi connectivity index (χ3v) is 3.52. The third-order valence-electron chi connectivity index (χ3n) is 2.17. The van der Waals surface area contributed by atoms with Crippen LogP contribution in [0.3, 0.4) is 0 Å². The molecule has 6 heteroatoms. The van der Waals surface area contributed by atoms with Gasteiger partial charge in [-0.15, -0.1) is 0 Å². The van der Waals surface area contributed by atoms with Crippen LogP contribution in [0.25, 0.3) is 0 Å². The first-order valence-electron chi connectivity index (χ1n) is 4.48. The van der Waals surface area contributed by atoms with E-state index in [1.54, 1.807) is 16.9 Å². The molecule has 0 radical (unpaired) electrons. The summed E-state index contributed by atoms with van der Waals surface area (Å²) >= 11 is 6.58. The number of rotatable bonds is 2. The van der Waals surface area contributed by atoms with Crippen LogP contribution < -0.4 is 5.73 Å². The zero-order chi connectivity index (χ0) is 11.7. The summed E-state index contributed by atoms with van der Waals surface area (Å²) in [5.41, 5.74) is 6.71. The molecule has 0 fully saturated rings. The summed E-state index contributed by atoms with van der Waals surface area (Å²) < 4.78 is 16.0. The van der Waals surface area contributed by atoms with Crippen LogP contribution in [0, 0.1) is 5.82 Å². The van der Waals surface area contributed by atoms with E-state index < -0.39 is 0 Å². The van der Waals surface area contributed by atoms with E-state index in [-0.39, 0.29) is 5.82 Å². The number of hydrogen-bond donors (Lipinski definition) is 1. The molecule has 0 aliphatic rings. The second kappa shape index (κ2) is 4.55. The maximum Gasteiger partial charge on any atom is 0.136 e. The largest absolute Gasteiger partial charge is 0.383 e. The second-order valence-corrected chi connectivity index (χ2v) is 4.98. The van der Waals surface area contributed by atoms with Gasteiger partial charge in [-0.3, -0.25) is 0 Å². The van der Waals surface area contributed by atoms with Gasteiger partial charge in [-0.2, -0.15) is 5.10 Å². The van der Waals surface area contributed by atoms with Crippen LogP contribution in [0.2, 0.25) is 0 Å². The molecule has 3 nitrogen and oxygen atoms in total. The lowest BCUT2D eigenvalue weighted by Crippen LogP contribution is -2.06. The van der Waals surface area contributed by atoms with E-state index >= 15 is 0 Å². The van der Waals surface area contributed by atoms with Crippen molar-refractivity contribution in [1.82, 2.24) is 9.78 Å². The predicted octanol–water partition coefficient (Wildman–Crippen LogP) is 3.18. The van der Waals surface area contributed by atoms with Crippen molar-refractivity contribution in [1.29, 1.82) is 0 Å². The van der Waals surface area contributed by atoms with E-state index in [0.29, 0.717) is 16.8 Å². The highest BCUT2D eigenvalue weighted by Crippen LogP contribution is 2.22. The normalized spacial score (nSPS) is 10.7. The Morgan fingerprint density at radius 1 is 1.31 bits per heavy atom. The second-order valence-electron chi connectivity index (χ2n) is 3.27. The maximum absolute atomic E-state index is 12.9. The van der Waals surface area contributed by atoms with Crippen molar-refractivity contribution in [2.75, 3.05) is 5.73 Å². The first-order valence-corrected chi connectivity index (χ1v) is 6.07. The van der Waals surface area contributed by atoms with Gasteiger partial charge in [-0.25, -0.2) is 9.07 Å². The molecule has 0 atom stereocenters. The molecule has 0 aliphatic carbocycles. The van der Waals surface area contributed by atoms with Crippen molar-refractivity contribution in [3.05, 3.63) is 44.7 Å². The molecule has 0 spiro atoms. The molecule has 0 amide bonds. The van der Waals surface area contributed by atoms with Crippen LogP contribution in [0.15, 0.2) is 33.3 Å². The van der Waals surface area contributed by atoms with Crippen LogP contribution in [0.5, 0.6) is 0 Å². The van der Waals surface area contributed by atoms with E-state index in [2.05, 4.69) is 37.0 Å². The van der Waals surface area contributed by atoms with Gasteiger partial charge in [0.15, 0.2) is 0 Å². The number of nitrogens with zero attached hydrogens (tertiary/aromatic N) is 2. The molecule has 0 bridgehead atoms. The quantitative estimate of drug-likeness (QED) is 0.905. The number of anilines is 1. The Bertz CT molecular complexity index is 525. The van der Waals surface area contributed by atoms with Crippen molar-refractivity contribution in [2.45, 2.75) is 6.54 Å². The summed E-state index contributed by atoms with van der Waals surface area (Å²) in [5, 5.41) is 4.10. The molecule has 0 saturated carbocycles. The molecule has 0 saturated heterocycles. The third kappa shape index (κ3) is 2.27. The van der Waals surface area contributed by atoms with Gasteiger partial charge in [0.05, 0.1) is 17.2 Å². The van der Waals surface area contributed by atoms with E-state index in [1.807, 2.05) is 0 Å². The Balaban J connectivity index is 2.30. The first kappa shape index (κ1) is 11.6. The van der Waals surface area contributed by atoms with Crippen molar-refractivity contribution in [2.24, 2.45) is 0 Å². The molecule has 2 rings (SSSR count). The molecule has 1 aromatic heterocycles. The average Bonchev–Trinajstić information content (AvgIpc) is 2.54. The molecule has 1 aromatic carbocycles. The van der Waals surface area contributed by atoms with Crippen molar-refractivity contribution in [3.63, 3.8) is 0 Å². The van der Waals surface area contributed by atoms with E-state index in [9.17, 15) is 4.39 Å². The average molecular weight is 349 g/mol. The number of nitrogens with two attached hydrogens (primary N) is 1. The van der Waals surface area contributed by atoms with Crippen LogP contribution >= 0.6 is 31.9 Å². The molecule has 2 aromatic rings. The summed E-state index contributed by atoms with van der Waals surface area (Å²) in [4.78, 5) is 0. The Labute approximate surface area is 109 Å². The number of hydrogen-bond acceptors (Lipinski definition) is 2. The van der Waals surface area contributed by atoms with Crippen molar-refractivity contribution in [3.8, 4) is 0 Å². The summed E-state index contributed by atoms with van der Waals surface area (Å²) in [6.07, 6.45) is 1.63. The number of halogens is 3. The highest BCUT2D eigenvalue weighted by Gasteiger charge is 2.07. The topological polar surface area (TPSA) is 43.8 Å². The van der Waals surface area contributed by atoms with Gasteiger partial charge < -0.3 is 5.73 Å². The standard InChI is InChI=1S/C10H8Br2FN3/c11-8-3-7(13)2-1-6(8)5-16-10(14)9(12)4-15-16/h1-4H,5,14H2. The van der Waals surface area contributed by atoms with Gasteiger partial charge in [0.1, 0.15) is 11.6 Å². The summed E-state index contributed by atoms with van der Waals surface area (Å²) in [6.45, 7) is 0.498. The van der Waals surface area contributed by atoms with E-state index in [4.69, 9.17) is 5.73 Å². The number of aromatic nitrogens is 2. The minimum atomic E-state index is -0.273. The van der Waals surface area contributed by atoms with Gasteiger partial charge in [-0.1, -0.05) is 22.0 Å².